The Morgan fingerprint density at radius 2 is 1.48 bits per heavy atom. The van der Waals surface area contributed by atoms with Crippen molar-refractivity contribution in [3.63, 3.8) is 0 Å². The second-order valence-corrected chi connectivity index (χ2v) is 6.77. The summed E-state index contributed by atoms with van der Waals surface area (Å²) in [6.07, 6.45) is 4.31. The van der Waals surface area contributed by atoms with Gasteiger partial charge >= 0.3 is 0 Å². The van der Waals surface area contributed by atoms with E-state index < -0.39 is 0 Å². The smallest absolute Gasteiger partial charge is 0.224 e. The number of hydrogen-bond donors (Lipinski definition) is 2. The van der Waals surface area contributed by atoms with Gasteiger partial charge in [0.2, 0.25) is 5.91 Å². The van der Waals surface area contributed by atoms with Crippen molar-refractivity contribution in [3.8, 4) is 5.75 Å². The number of likely N-dealkylation sites (tertiary alicyclic amines) is 1. The number of nitrogens with zero attached hydrogens (tertiary/aromatic N) is 1. The molecule has 132 valence electrons. The first kappa shape index (κ1) is 17.5. The van der Waals surface area contributed by atoms with Gasteiger partial charge in [-0.25, -0.2) is 0 Å². The van der Waals surface area contributed by atoms with E-state index in [2.05, 4.69) is 34.5 Å². The third-order valence-electron chi connectivity index (χ3n) is 4.67. The van der Waals surface area contributed by atoms with Gasteiger partial charge in [0, 0.05) is 13.1 Å². The summed E-state index contributed by atoms with van der Waals surface area (Å²) in [5, 5.41) is 12.2. The van der Waals surface area contributed by atoms with Gasteiger partial charge in [0.25, 0.3) is 0 Å². The van der Waals surface area contributed by atoms with Crippen LogP contribution in [0.5, 0.6) is 5.75 Å². The van der Waals surface area contributed by atoms with Gasteiger partial charge in [-0.1, -0.05) is 42.8 Å². The summed E-state index contributed by atoms with van der Waals surface area (Å²) in [5.41, 5.74) is 3.34. The monoisotopic (exact) mass is 338 g/mol. The molecule has 0 aliphatic carbocycles. The van der Waals surface area contributed by atoms with Gasteiger partial charge < -0.3 is 10.4 Å². The summed E-state index contributed by atoms with van der Waals surface area (Å²) >= 11 is 0. The molecular formula is C21H26N2O2. The van der Waals surface area contributed by atoms with E-state index in [1.165, 1.54) is 37.9 Å². The molecule has 0 radical (unpaired) electrons. The summed E-state index contributed by atoms with van der Waals surface area (Å²) in [7, 11) is 0. The molecule has 0 saturated carbocycles. The third kappa shape index (κ3) is 5.61. The Labute approximate surface area is 149 Å². The Morgan fingerprint density at radius 1 is 0.880 bits per heavy atom. The lowest BCUT2D eigenvalue weighted by atomic mass is 10.1. The Morgan fingerprint density at radius 3 is 2.16 bits per heavy atom. The zero-order valence-electron chi connectivity index (χ0n) is 14.6. The van der Waals surface area contributed by atoms with Crippen molar-refractivity contribution in [2.75, 3.05) is 13.1 Å². The Bertz CT molecular complexity index is 674. The maximum absolute atomic E-state index is 12.0. The number of nitrogens with one attached hydrogen (secondary N) is 1. The summed E-state index contributed by atoms with van der Waals surface area (Å²) in [6.45, 7) is 3.97. The molecule has 1 heterocycles. The molecular weight excluding hydrogens is 312 g/mol. The first-order valence-corrected chi connectivity index (χ1v) is 9.04. The van der Waals surface area contributed by atoms with E-state index in [4.69, 9.17) is 0 Å². The number of phenols is 1. The van der Waals surface area contributed by atoms with Crippen LogP contribution in [0, 0.1) is 0 Å². The first-order chi connectivity index (χ1) is 12.2. The number of carbonyl (C=O) groups excluding carboxylic acids is 1. The Balaban J connectivity index is 1.44. The highest BCUT2D eigenvalue weighted by atomic mass is 16.3. The second kappa shape index (κ2) is 8.67. The van der Waals surface area contributed by atoms with E-state index in [1.807, 2.05) is 0 Å². The van der Waals surface area contributed by atoms with Crippen LogP contribution in [0.15, 0.2) is 48.5 Å². The van der Waals surface area contributed by atoms with E-state index >= 15 is 0 Å². The average molecular weight is 338 g/mol. The number of carbonyl (C=O) groups is 1. The van der Waals surface area contributed by atoms with Crippen LogP contribution in [0.1, 0.15) is 36.0 Å². The lowest BCUT2D eigenvalue weighted by Crippen LogP contribution is -2.29. The predicted octanol–water partition coefficient (Wildman–Crippen LogP) is 3.24. The number of phenolic OH excluding ortho intramolecular Hbond substituents is 1. The molecule has 1 aliphatic heterocycles. The fourth-order valence-corrected chi connectivity index (χ4v) is 3.20. The fourth-order valence-electron chi connectivity index (χ4n) is 3.20. The molecule has 1 amide bonds. The second-order valence-electron chi connectivity index (χ2n) is 6.77. The van der Waals surface area contributed by atoms with Crippen molar-refractivity contribution in [1.29, 1.82) is 0 Å². The molecule has 0 bridgehead atoms. The van der Waals surface area contributed by atoms with Gasteiger partial charge in [-0.15, -0.1) is 0 Å². The van der Waals surface area contributed by atoms with Crippen LogP contribution in [0.3, 0.4) is 0 Å². The van der Waals surface area contributed by atoms with Crippen molar-refractivity contribution >= 4 is 5.91 Å². The standard InChI is InChI=1S/C21H26N2O2/c24-20-10-8-17(9-11-20)14-21(25)22-15-18-4-6-19(7-5-18)16-23-12-2-1-3-13-23/h4-11,24H,1-3,12-16H2,(H,22,25). The summed E-state index contributed by atoms with van der Waals surface area (Å²) in [5.74, 6) is 0.205. The van der Waals surface area contributed by atoms with Crippen LogP contribution in [0.25, 0.3) is 0 Å². The van der Waals surface area contributed by atoms with E-state index in [1.54, 1.807) is 24.3 Å². The van der Waals surface area contributed by atoms with Crippen molar-refractivity contribution in [3.05, 3.63) is 65.2 Å². The van der Waals surface area contributed by atoms with Gasteiger partial charge in [0.05, 0.1) is 6.42 Å². The van der Waals surface area contributed by atoms with Crippen LogP contribution in [0.2, 0.25) is 0 Å². The molecule has 4 nitrogen and oxygen atoms in total. The lowest BCUT2D eigenvalue weighted by molar-refractivity contribution is -0.120. The molecule has 1 fully saturated rings. The van der Waals surface area contributed by atoms with Gasteiger partial charge in [0.15, 0.2) is 0 Å². The van der Waals surface area contributed by atoms with Crippen LogP contribution in [-0.2, 0) is 24.3 Å². The molecule has 0 spiro atoms. The molecule has 0 unspecified atom stereocenters. The van der Waals surface area contributed by atoms with Crippen molar-refractivity contribution < 1.29 is 9.90 Å². The van der Waals surface area contributed by atoms with Gasteiger partial charge in [-0.05, 0) is 54.8 Å². The van der Waals surface area contributed by atoms with Crippen LogP contribution in [-0.4, -0.2) is 29.0 Å². The molecule has 2 aromatic rings. The highest BCUT2D eigenvalue weighted by molar-refractivity contribution is 5.78. The molecule has 25 heavy (non-hydrogen) atoms. The fraction of sp³-hybridized carbons (Fsp3) is 0.381. The normalized spacial score (nSPS) is 15.0. The molecule has 2 aromatic carbocycles. The average Bonchev–Trinajstić information content (AvgIpc) is 2.64. The Hall–Kier alpha value is -2.33. The van der Waals surface area contributed by atoms with E-state index in [9.17, 15) is 9.90 Å². The quantitative estimate of drug-likeness (QED) is 0.850. The topological polar surface area (TPSA) is 52.6 Å². The number of piperidine rings is 1. The van der Waals surface area contributed by atoms with Gasteiger partial charge in [0.1, 0.15) is 5.75 Å². The minimum atomic E-state index is -0.0110. The summed E-state index contributed by atoms with van der Waals surface area (Å²) in [6, 6.07) is 15.3. The predicted molar refractivity (Wildman–Crippen MR) is 99.2 cm³/mol. The maximum Gasteiger partial charge on any atom is 0.224 e. The van der Waals surface area contributed by atoms with E-state index in [0.29, 0.717) is 13.0 Å². The highest BCUT2D eigenvalue weighted by Crippen LogP contribution is 2.14. The van der Waals surface area contributed by atoms with Crippen LogP contribution >= 0.6 is 0 Å². The number of benzene rings is 2. The zero-order chi connectivity index (χ0) is 17.5. The minimum Gasteiger partial charge on any atom is -0.508 e. The summed E-state index contributed by atoms with van der Waals surface area (Å²) < 4.78 is 0. The van der Waals surface area contributed by atoms with Crippen LogP contribution < -0.4 is 5.32 Å². The largest absolute Gasteiger partial charge is 0.508 e. The lowest BCUT2D eigenvalue weighted by Gasteiger charge is -2.26. The molecule has 3 rings (SSSR count). The zero-order valence-corrected chi connectivity index (χ0v) is 14.6. The van der Waals surface area contributed by atoms with Crippen LogP contribution in [0.4, 0.5) is 0 Å². The SMILES string of the molecule is O=C(Cc1ccc(O)cc1)NCc1ccc(CN2CCCCC2)cc1. The molecule has 0 aromatic heterocycles. The van der Waals surface area contributed by atoms with Crippen molar-refractivity contribution in [1.82, 2.24) is 10.2 Å². The van der Waals surface area contributed by atoms with Gasteiger partial charge in [-0.2, -0.15) is 0 Å². The van der Waals surface area contributed by atoms with Crippen molar-refractivity contribution in [2.24, 2.45) is 0 Å². The molecule has 2 N–H and O–H groups in total. The Kier molecular flexibility index (Phi) is 6.07. The van der Waals surface area contributed by atoms with E-state index in [0.717, 1.165) is 17.7 Å². The molecule has 1 saturated heterocycles. The molecule has 4 heteroatoms. The number of rotatable bonds is 6. The molecule has 1 aliphatic rings. The number of aromatic hydroxyl groups is 1. The van der Waals surface area contributed by atoms with Gasteiger partial charge in [-0.3, -0.25) is 9.69 Å². The molecule has 0 atom stereocenters. The third-order valence-corrected chi connectivity index (χ3v) is 4.67. The minimum absolute atomic E-state index is 0.0110. The number of amides is 1. The maximum atomic E-state index is 12.0. The summed E-state index contributed by atoms with van der Waals surface area (Å²) in [4.78, 5) is 14.5. The highest BCUT2D eigenvalue weighted by Gasteiger charge is 2.10. The van der Waals surface area contributed by atoms with E-state index in [-0.39, 0.29) is 11.7 Å². The van der Waals surface area contributed by atoms with Crippen molar-refractivity contribution in [2.45, 2.75) is 38.8 Å². The number of hydrogen-bond acceptors (Lipinski definition) is 3. The first-order valence-electron chi connectivity index (χ1n) is 9.04.